The Labute approximate surface area is 166 Å². The summed E-state index contributed by atoms with van der Waals surface area (Å²) in [6.07, 6.45) is 7.98. The van der Waals surface area contributed by atoms with Gasteiger partial charge in [0.1, 0.15) is 5.69 Å². The van der Waals surface area contributed by atoms with Gasteiger partial charge in [0, 0.05) is 43.8 Å². The molecule has 28 heavy (non-hydrogen) atoms. The summed E-state index contributed by atoms with van der Waals surface area (Å²) in [6.45, 7) is 6.75. The van der Waals surface area contributed by atoms with Gasteiger partial charge in [0.25, 0.3) is 5.91 Å². The molecule has 144 valence electrons. The van der Waals surface area contributed by atoms with E-state index in [1.54, 1.807) is 12.4 Å². The van der Waals surface area contributed by atoms with Crippen molar-refractivity contribution in [2.45, 2.75) is 33.2 Å². The number of benzene rings is 1. The van der Waals surface area contributed by atoms with Crippen molar-refractivity contribution in [3.05, 3.63) is 77.9 Å². The summed E-state index contributed by atoms with van der Waals surface area (Å²) in [7, 11) is 0. The molecule has 1 aliphatic rings. The Morgan fingerprint density at radius 2 is 1.93 bits per heavy atom. The van der Waals surface area contributed by atoms with Crippen LogP contribution in [0.4, 0.5) is 0 Å². The molecule has 2 aromatic heterocycles. The van der Waals surface area contributed by atoms with Gasteiger partial charge in [-0.3, -0.25) is 9.78 Å². The van der Waals surface area contributed by atoms with Crippen molar-refractivity contribution in [2.24, 2.45) is 5.92 Å². The first-order valence-corrected chi connectivity index (χ1v) is 10.1. The number of carbonyl (C=O) groups excluding carboxylic acids is 1. The second-order valence-corrected chi connectivity index (χ2v) is 7.90. The van der Waals surface area contributed by atoms with Crippen molar-refractivity contribution < 1.29 is 4.79 Å². The van der Waals surface area contributed by atoms with E-state index in [1.807, 2.05) is 23.1 Å². The van der Waals surface area contributed by atoms with E-state index >= 15 is 0 Å². The van der Waals surface area contributed by atoms with E-state index in [0.717, 1.165) is 36.3 Å². The number of piperidine rings is 1. The maximum atomic E-state index is 13.4. The van der Waals surface area contributed by atoms with Gasteiger partial charge in [0.05, 0.1) is 0 Å². The van der Waals surface area contributed by atoms with Crippen LogP contribution in [0.2, 0.25) is 0 Å². The summed E-state index contributed by atoms with van der Waals surface area (Å²) in [5.41, 5.74) is 5.39. The van der Waals surface area contributed by atoms with Crippen LogP contribution >= 0.6 is 0 Å². The normalized spacial score (nSPS) is 16.9. The maximum Gasteiger partial charge on any atom is 0.270 e. The molecule has 0 saturated carbocycles. The molecule has 1 atom stereocenters. The van der Waals surface area contributed by atoms with Crippen molar-refractivity contribution in [3.8, 4) is 11.1 Å². The zero-order valence-corrected chi connectivity index (χ0v) is 16.6. The Morgan fingerprint density at radius 3 is 2.68 bits per heavy atom. The highest BCUT2D eigenvalue weighted by Crippen LogP contribution is 2.25. The molecule has 1 saturated heterocycles. The number of rotatable bonds is 4. The number of likely N-dealkylation sites (tertiary alicyclic amines) is 1. The fraction of sp³-hybridized carbons (Fsp3) is 0.333. The van der Waals surface area contributed by atoms with Gasteiger partial charge in [0.15, 0.2) is 0 Å². The monoisotopic (exact) mass is 373 g/mol. The summed E-state index contributed by atoms with van der Waals surface area (Å²) in [5, 5.41) is 0. The fourth-order valence-electron chi connectivity index (χ4n) is 4.03. The van der Waals surface area contributed by atoms with Gasteiger partial charge >= 0.3 is 0 Å². The maximum absolute atomic E-state index is 13.4. The standard InChI is InChI=1S/C24H27N3O/c1-18-6-5-13-26(15-18)24(28)23-14-22(20-9-11-25-12-10-20)17-27(23)16-21-8-4-3-7-19(21)2/h3-4,7-12,14,17-18H,5-6,13,15-16H2,1-2H3/t18-/m0/s1. The van der Waals surface area contributed by atoms with Crippen molar-refractivity contribution in [2.75, 3.05) is 13.1 Å². The molecule has 0 N–H and O–H groups in total. The Bertz CT molecular complexity index is 961. The minimum Gasteiger partial charge on any atom is -0.338 e. The second-order valence-electron chi connectivity index (χ2n) is 7.90. The lowest BCUT2D eigenvalue weighted by Crippen LogP contribution is -2.40. The predicted molar refractivity (Wildman–Crippen MR) is 112 cm³/mol. The van der Waals surface area contributed by atoms with Gasteiger partial charge in [-0.05, 0) is 60.6 Å². The van der Waals surface area contributed by atoms with Crippen LogP contribution in [0.5, 0.6) is 0 Å². The molecule has 1 amide bonds. The van der Waals surface area contributed by atoms with Gasteiger partial charge < -0.3 is 9.47 Å². The molecular weight excluding hydrogens is 346 g/mol. The van der Waals surface area contributed by atoms with E-state index in [-0.39, 0.29) is 5.91 Å². The van der Waals surface area contributed by atoms with Crippen LogP contribution in [-0.2, 0) is 6.54 Å². The van der Waals surface area contributed by atoms with Crippen molar-refractivity contribution in [1.29, 1.82) is 0 Å². The summed E-state index contributed by atoms with van der Waals surface area (Å²) < 4.78 is 2.11. The highest BCUT2D eigenvalue weighted by molar-refractivity contribution is 5.94. The first-order chi connectivity index (χ1) is 13.6. The van der Waals surface area contributed by atoms with E-state index < -0.39 is 0 Å². The molecule has 4 nitrogen and oxygen atoms in total. The van der Waals surface area contributed by atoms with Crippen LogP contribution in [0.1, 0.15) is 41.4 Å². The SMILES string of the molecule is Cc1ccccc1Cn1cc(-c2ccncc2)cc1C(=O)N1CCC[C@H](C)C1. The van der Waals surface area contributed by atoms with E-state index in [4.69, 9.17) is 0 Å². The number of carbonyl (C=O) groups is 1. The van der Waals surface area contributed by atoms with E-state index in [9.17, 15) is 4.79 Å². The summed E-state index contributed by atoms with van der Waals surface area (Å²) in [4.78, 5) is 19.5. The predicted octanol–water partition coefficient (Wildman–Crippen LogP) is 4.78. The Balaban J connectivity index is 1.71. The third kappa shape index (κ3) is 3.86. The highest BCUT2D eigenvalue weighted by atomic mass is 16.2. The quantitative estimate of drug-likeness (QED) is 0.660. The second kappa shape index (κ2) is 8.01. The molecular formula is C24H27N3O. The first kappa shape index (κ1) is 18.5. The van der Waals surface area contributed by atoms with Gasteiger partial charge in [-0.15, -0.1) is 0 Å². The van der Waals surface area contributed by atoms with Crippen LogP contribution in [0.3, 0.4) is 0 Å². The number of aryl methyl sites for hydroxylation is 1. The molecule has 3 aromatic rings. The molecule has 4 heteroatoms. The first-order valence-electron chi connectivity index (χ1n) is 10.1. The molecule has 3 heterocycles. The Hall–Kier alpha value is -2.88. The van der Waals surface area contributed by atoms with Crippen LogP contribution in [0.15, 0.2) is 61.1 Å². The molecule has 1 aliphatic heterocycles. The minimum atomic E-state index is 0.139. The van der Waals surface area contributed by atoms with Gasteiger partial charge in [0.2, 0.25) is 0 Å². The van der Waals surface area contributed by atoms with E-state index in [0.29, 0.717) is 12.5 Å². The number of hydrogen-bond donors (Lipinski definition) is 0. The number of aromatic nitrogens is 2. The summed E-state index contributed by atoms with van der Waals surface area (Å²) in [6, 6.07) is 14.4. The van der Waals surface area contributed by atoms with Crippen LogP contribution in [-0.4, -0.2) is 33.4 Å². The Morgan fingerprint density at radius 1 is 1.14 bits per heavy atom. The Kier molecular flexibility index (Phi) is 5.29. The average molecular weight is 374 g/mol. The molecule has 0 aliphatic carbocycles. The molecule has 0 spiro atoms. The van der Waals surface area contributed by atoms with Crippen molar-refractivity contribution in [1.82, 2.24) is 14.5 Å². The lowest BCUT2D eigenvalue weighted by atomic mass is 10.00. The van der Waals surface area contributed by atoms with Gasteiger partial charge in [-0.1, -0.05) is 31.2 Å². The average Bonchev–Trinajstić information content (AvgIpc) is 3.14. The van der Waals surface area contributed by atoms with Crippen molar-refractivity contribution >= 4 is 5.91 Å². The van der Waals surface area contributed by atoms with Crippen LogP contribution in [0.25, 0.3) is 11.1 Å². The molecule has 1 fully saturated rings. The largest absolute Gasteiger partial charge is 0.338 e. The number of nitrogens with zero attached hydrogens (tertiary/aromatic N) is 3. The van der Waals surface area contributed by atoms with Gasteiger partial charge in [-0.2, -0.15) is 0 Å². The smallest absolute Gasteiger partial charge is 0.270 e. The van der Waals surface area contributed by atoms with E-state index in [1.165, 1.54) is 17.5 Å². The zero-order valence-electron chi connectivity index (χ0n) is 16.6. The lowest BCUT2D eigenvalue weighted by molar-refractivity contribution is 0.0672. The summed E-state index contributed by atoms with van der Waals surface area (Å²) in [5.74, 6) is 0.706. The topological polar surface area (TPSA) is 38.1 Å². The number of amides is 1. The molecule has 1 aromatic carbocycles. The van der Waals surface area contributed by atoms with Crippen LogP contribution in [0, 0.1) is 12.8 Å². The lowest BCUT2D eigenvalue weighted by Gasteiger charge is -2.31. The number of pyridine rings is 1. The van der Waals surface area contributed by atoms with E-state index in [2.05, 4.69) is 53.9 Å². The minimum absolute atomic E-state index is 0.139. The zero-order chi connectivity index (χ0) is 19.5. The molecule has 4 rings (SSSR count). The molecule has 0 unspecified atom stereocenters. The highest BCUT2D eigenvalue weighted by Gasteiger charge is 2.25. The van der Waals surface area contributed by atoms with Crippen molar-refractivity contribution in [3.63, 3.8) is 0 Å². The number of hydrogen-bond acceptors (Lipinski definition) is 2. The van der Waals surface area contributed by atoms with Gasteiger partial charge in [-0.25, -0.2) is 0 Å². The third-order valence-electron chi connectivity index (χ3n) is 5.68. The van der Waals surface area contributed by atoms with Crippen LogP contribution < -0.4 is 0 Å². The third-order valence-corrected chi connectivity index (χ3v) is 5.68. The molecule has 0 bridgehead atoms. The summed E-state index contributed by atoms with van der Waals surface area (Å²) >= 11 is 0. The molecule has 0 radical (unpaired) electrons. The fourth-order valence-corrected chi connectivity index (χ4v) is 4.03.